The summed E-state index contributed by atoms with van der Waals surface area (Å²) in [5, 5.41) is 9.45. The molecule has 0 amide bonds. The first-order valence-corrected chi connectivity index (χ1v) is 13.2. The first-order chi connectivity index (χ1) is 19.4. The molecule has 2 aromatic carbocycles. The fraction of sp³-hybridized carbons (Fsp3) is 0.200. The standard InChI is InChI=1S/C30H25N3O6S/c1-5-38-29(35)26-17(2)32-30-33(27(26)22-14-19(36-3)10-12-23(22)37-4)28(34)25(40-30)15-20-11-13-24(39-20)21-9-7-6-8-18(21)16-31/h6-15,27H,5H2,1-4H3/b25-15-. The lowest BCUT2D eigenvalue weighted by Crippen LogP contribution is -2.40. The van der Waals surface area contributed by atoms with Crippen molar-refractivity contribution in [3.63, 3.8) is 0 Å². The van der Waals surface area contributed by atoms with Gasteiger partial charge in [0.1, 0.15) is 29.1 Å². The molecule has 5 rings (SSSR count). The Kier molecular flexibility index (Phi) is 7.40. The maximum absolute atomic E-state index is 13.9. The molecule has 0 spiro atoms. The van der Waals surface area contributed by atoms with Crippen molar-refractivity contribution in [2.24, 2.45) is 4.99 Å². The smallest absolute Gasteiger partial charge is 0.338 e. The summed E-state index contributed by atoms with van der Waals surface area (Å²) < 4.78 is 24.3. The lowest BCUT2D eigenvalue weighted by Gasteiger charge is -2.26. The SMILES string of the molecule is CCOC(=O)C1=C(C)N=c2s/c(=C\c3ccc(-c4ccccc4C#N)o3)c(=O)n2C1c1cc(OC)ccc1OC. The van der Waals surface area contributed by atoms with Crippen LogP contribution in [0.25, 0.3) is 17.4 Å². The number of hydrogen-bond donors (Lipinski definition) is 0. The fourth-order valence-electron chi connectivity index (χ4n) is 4.64. The van der Waals surface area contributed by atoms with Crippen molar-refractivity contribution in [3.8, 4) is 28.9 Å². The van der Waals surface area contributed by atoms with Crippen LogP contribution in [-0.2, 0) is 9.53 Å². The third-order valence-corrected chi connectivity index (χ3v) is 7.44. The number of ether oxygens (including phenoxy) is 3. The number of esters is 1. The minimum absolute atomic E-state index is 0.164. The number of rotatable bonds is 7. The van der Waals surface area contributed by atoms with Gasteiger partial charge in [-0.3, -0.25) is 9.36 Å². The second-order valence-electron chi connectivity index (χ2n) is 8.77. The van der Waals surface area contributed by atoms with E-state index in [2.05, 4.69) is 11.1 Å². The summed E-state index contributed by atoms with van der Waals surface area (Å²) in [6.45, 7) is 3.60. The van der Waals surface area contributed by atoms with Crippen LogP contribution in [0.3, 0.4) is 0 Å². The number of thiazole rings is 1. The maximum atomic E-state index is 13.9. The van der Waals surface area contributed by atoms with Gasteiger partial charge < -0.3 is 18.6 Å². The van der Waals surface area contributed by atoms with Crippen LogP contribution in [0, 0.1) is 11.3 Å². The Morgan fingerprint density at radius 1 is 1.18 bits per heavy atom. The van der Waals surface area contributed by atoms with Crippen LogP contribution in [0.5, 0.6) is 11.5 Å². The number of methoxy groups -OCH3 is 2. The highest BCUT2D eigenvalue weighted by atomic mass is 32.1. The highest BCUT2D eigenvalue weighted by molar-refractivity contribution is 7.07. The third-order valence-electron chi connectivity index (χ3n) is 6.46. The topological polar surface area (TPSA) is 116 Å². The summed E-state index contributed by atoms with van der Waals surface area (Å²) in [5.41, 5.74) is 2.02. The summed E-state index contributed by atoms with van der Waals surface area (Å²) in [4.78, 5) is 32.1. The van der Waals surface area contributed by atoms with Crippen LogP contribution in [0.2, 0.25) is 0 Å². The average Bonchev–Trinajstić information content (AvgIpc) is 3.56. The van der Waals surface area contributed by atoms with Gasteiger partial charge >= 0.3 is 5.97 Å². The molecule has 0 bridgehead atoms. The van der Waals surface area contributed by atoms with Gasteiger partial charge in [0.05, 0.1) is 48.3 Å². The predicted octanol–water partition coefficient (Wildman–Crippen LogP) is 3.95. The Hall–Kier alpha value is -4.88. The molecule has 1 unspecified atom stereocenters. The van der Waals surface area contributed by atoms with Crippen LogP contribution in [0.15, 0.2) is 80.1 Å². The molecule has 202 valence electrons. The van der Waals surface area contributed by atoms with Crippen molar-refractivity contribution < 1.29 is 23.4 Å². The number of fused-ring (bicyclic) bond motifs is 1. The van der Waals surface area contributed by atoms with Crippen LogP contribution >= 0.6 is 11.3 Å². The predicted molar refractivity (Wildman–Crippen MR) is 149 cm³/mol. The zero-order valence-corrected chi connectivity index (χ0v) is 23.1. The summed E-state index contributed by atoms with van der Waals surface area (Å²) in [6.07, 6.45) is 1.63. The van der Waals surface area contributed by atoms with Crippen molar-refractivity contribution in [2.45, 2.75) is 19.9 Å². The third kappa shape index (κ3) is 4.72. The van der Waals surface area contributed by atoms with E-state index in [9.17, 15) is 14.9 Å². The van der Waals surface area contributed by atoms with E-state index in [0.29, 0.717) is 54.7 Å². The Morgan fingerprint density at radius 3 is 2.70 bits per heavy atom. The minimum Gasteiger partial charge on any atom is -0.497 e. The Labute approximate surface area is 233 Å². The lowest BCUT2D eigenvalue weighted by atomic mass is 9.95. The van der Waals surface area contributed by atoms with Crippen LogP contribution in [0.1, 0.15) is 36.8 Å². The zero-order chi connectivity index (χ0) is 28.4. The number of aromatic nitrogens is 1. The van der Waals surface area contributed by atoms with E-state index in [1.165, 1.54) is 30.1 Å². The Balaban J connectivity index is 1.69. The van der Waals surface area contributed by atoms with Gasteiger partial charge in [-0.1, -0.05) is 23.5 Å². The Morgan fingerprint density at radius 2 is 1.98 bits per heavy atom. The number of furan rings is 1. The normalized spacial score (nSPS) is 14.8. The number of hydrogen-bond acceptors (Lipinski definition) is 9. The number of benzene rings is 2. The van der Waals surface area contributed by atoms with E-state index in [1.807, 2.05) is 6.07 Å². The number of nitriles is 1. The molecule has 3 heterocycles. The molecule has 0 saturated carbocycles. The van der Waals surface area contributed by atoms with Gasteiger partial charge in [-0.15, -0.1) is 0 Å². The van der Waals surface area contributed by atoms with Crippen molar-refractivity contribution in [1.29, 1.82) is 5.26 Å². The summed E-state index contributed by atoms with van der Waals surface area (Å²) in [5.74, 6) is 1.39. The molecule has 0 radical (unpaired) electrons. The maximum Gasteiger partial charge on any atom is 0.338 e. The number of nitrogens with zero attached hydrogens (tertiary/aromatic N) is 3. The first kappa shape index (κ1) is 26.7. The van der Waals surface area contributed by atoms with E-state index in [1.54, 1.807) is 68.5 Å². The van der Waals surface area contributed by atoms with Gasteiger partial charge in [0.2, 0.25) is 0 Å². The van der Waals surface area contributed by atoms with Gasteiger partial charge in [0.15, 0.2) is 4.80 Å². The highest BCUT2D eigenvalue weighted by Gasteiger charge is 2.35. The van der Waals surface area contributed by atoms with Crippen LogP contribution in [0.4, 0.5) is 0 Å². The molecule has 0 fully saturated rings. The average molecular weight is 556 g/mol. The molecule has 10 heteroatoms. The monoisotopic (exact) mass is 555 g/mol. The molecule has 0 saturated heterocycles. The number of allylic oxidation sites excluding steroid dienone is 1. The number of carbonyl (C=O) groups excluding carboxylic acids is 1. The molecule has 2 aromatic heterocycles. The van der Waals surface area contributed by atoms with Crippen molar-refractivity contribution in [2.75, 3.05) is 20.8 Å². The second-order valence-corrected chi connectivity index (χ2v) is 9.78. The van der Waals surface area contributed by atoms with Gasteiger partial charge in [-0.05, 0) is 56.3 Å². The molecular weight excluding hydrogens is 530 g/mol. The second kappa shape index (κ2) is 11.1. The molecule has 1 aliphatic rings. The molecular formula is C30H25N3O6S. The van der Waals surface area contributed by atoms with Gasteiger partial charge in [0, 0.05) is 17.2 Å². The summed E-state index contributed by atoms with van der Waals surface area (Å²) in [6, 6.07) is 17.1. The van der Waals surface area contributed by atoms with Gasteiger partial charge in [-0.25, -0.2) is 9.79 Å². The van der Waals surface area contributed by atoms with E-state index >= 15 is 0 Å². The number of carbonyl (C=O) groups is 1. The molecule has 4 aromatic rings. The molecule has 9 nitrogen and oxygen atoms in total. The quantitative estimate of drug-likeness (QED) is 0.317. The van der Waals surface area contributed by atoms with E-state index in [0.717, 1.165) is 0 Å². The van der Waals surface area contributed by atoms with Gasteiger partial charge in [0.25, 0.3) is 5.56 Å². The minimum atomic E-state index is -0.864. The summed E-state index contributed by atoms with van der Waals surface area (Å²) >= 11 is 1.18. The summed E-state index contributed by atoms with van der Waals surface area (Å²) in [7, 11) is 3.06. The van der Waals surface area contributed by atoms with Crippen LogP contribution < -0.4 is 24.4 Å². The lowest BCUT2D eigenvalue weighted by molar-refractivity contribution is -0.139. The van der Waals surface area contributed by atoms with Gasteiger partial charge in [-0.2, -0.15) is 5.26 Å². The molecule has 0 aliphatic carbocycles. The molecule has 40 heavy (non-hydrogen) atoms. The molecule has 0 N–H and O–H groups in total. The fourth-order valence-corrected chi connectivity index (χ4v) is 5.67. The van der Waals surface area contributed by atoms with E-state index in [-0.39, 0.29) is 17.7 Å². The first-order valence-electron chi connectivity index (χ1n) is 12.4. The molecule has 1 aliphatic heterocycles. The highest BCUT2D eigenvalue weighted by Crippen LogP contribution is 2.38. The molecule has 1 atom stereocenters. The van der Waals surface area contributed by atoms with E-state index < -0.39 is 12.0 Å². The largest absolute Gasteiger partial charge is 0.497 e. The van der Waals surface area contributed by atoms with Crippen LogP contribution in [-0.4, -0.2) is 31.4 Å². The van der Waals surface area contributed by atoms with Crippen molar-refractivity contribution >= 4 is 23.4 Å². The zero-order valence-electron chi connectivity index (χ0n) is 22.3. The Bertz CT molecular complexity index is 1870. The van der Waals surface area contributed by atoms with Crippen molar-refractivity contribution in [3.05, 3.63) is 102 Å². The van der Waals surface area contributed by atoms with E-state index in [4.69, 9.17) is 18.6 Å². The van der Waals surface area contributed by atoms with Crippen molar-refractivity contribution in [1.82, 2.24) is 4.57 Å².